The van der Waals surface area contributed by atoms with E-state index in [1.54, 1.807) is 6.20 Å². The lowest BCUT2D eigenvalue weighted by atomic mass is 10.0. The fourth-order valence-electron chi connectivity index (χ4n) is 1.57. The maximum atomic E-state index is 5.82. The van der Waals surface area contributed by atoms with Crippen LogP contribution >= 0.6 is 0 Å². The van der Waals surface area contributed by atoms with E-state index in [1.807, 2.05) is 0 Å². The zero-order valence-corrected chi connectivity index (χ0v) is 8.86. The highest BCUT2D eigenvalue weighted by molar-refractivity contribution is 5.75. The van der Waals surface area contributed by atoms with E-state index in [-0.39, 0.29) is 0 Å². The summed E-state index contributed by atoms with van der Waals surface area (Å²) < 4.78 is 0. The number of rotatable bonds is 1. The molecule has 2 N–H and O–H groups in total. The van der Waals surface area contributed by atoms with Crippen LogP contribution in [0.2, 0.25) is 0 Å². The number of hydrogen-bond donors (Lipinski definition) is 1. The molecule has 3 nitrogen and oxygen atoms in total. The van der Waals surface area contributed by atoms with Gasteiger partial charge >= 0.3 is 0 Å². The third-order valence-corrected chi connectivity index (χ3v) is 2.43. The van der Waals surface area contributed by atoms with Crippen molar-refractivity contribution < 1.29 is 0 Å². The predicted molar refractivity (Wildman–Crippen MR) is 61.4 cm³/mol. The second kappa shape index (κ2) is 3.69. The average Bonchev–Trinajstić information content (AvgIpc) is 2.23. The maximum absolute atomic E-state index is 5.82. The first-order chi connectivity index (χ1) is 7.18. The van der Waals surface area contributed by atoms with Crippen molar-refractivity contribution in [3.8, 4) is 11.1 Å². The summed E-state index contributed by atoms with van der Waals surface area (Å²) in [6.07, 6.45) is 3.22. The van der Waals surface area contributed by atoms with Crippen molar-refractivity contribution >= 4 is 5.82 Å². The van der Waals surface area contributed by atoms with E-state index < -0.39 is 0 Å². The smallest absolute Gasteiger partial charge is 0.134 e. The van der Waals surface area contributed by atoms with Crippen molar-refractivity contribution in [1.82, 2.24) is 9.97 Å². The summed E-state index contributed by atoms with van der Waals surface area (Å²) in [5.41, 5.74) is 10.2. The molecule has 0 aliphatic rings. The Labute approximate surface area is 89.0 Å². The fourth-order valence-corrected chi connectivity index (χ4v) is 1.57. The highest BCUT2D eigenvalue weighted by atomic mass is 14.9. The van der Waals surface area contributed by atoms with Gasteiger partial charge in [0.05, 0.1) is 0 Å². The molecule has 3 heteroatoms. The number of hydrogen-bond acceptors (Lipinski definition) is 3. The monoisotopic (exact) mass is 199 g/mol. The zero-order chi connectivity index (χ0) is 10.8. The SMILES string of the molecule is Cc1ccc(C)c(-c2cncnc2N)c1. The summed E-state index contributed by atoms with van der Waals surface area (Å²) in [6, 6.07) is 6.26. The van der Waals surface area contributed by atoms with E-state index >= 15 is 0 Å². The number of aromatic nitrogens is 2. The Balaban J connectivity index is 2.64. The first-order valence-electron chi connectivity index (χ1n) is 4.81. The van der Waals surface area contributed by atoms with Crippen molar-refractivity contribution in [1.29, 1.82) is 0 Å². The number of nitrogens with zero attached hydrogens (tertiary/aromatic N) is 2. The van der Waals surface area contributed by atoms with Gasteiger partial charge in [-0.3, -0.25) is 0 Å². The maximum Gasteiger partial charge on any atom is 0.134 e. The van der Waals surface area contributed by atoms with E-state index in [0.717, 1.165) is 11.1 Å². The molecular weight excluding hydrogens is 186 g/mol. The van der Waals surface area contributed by atoms with Crippen LogP contribution in [0.1, 0.15) is 11.1 Å². The lowest BCUT2D eigenvalue weighted by Crippen LogP contribution is -1.96. The molecule has 0 atom stereocenters. The molecule has 0 unspecified atom stereocenters. The van der Waals surface area contributed by atoms with Gasteiger partial charge in [0.1, 0.15) is 12.1 Å². The number of anilines is 1. The van der Waals surface area contributed by atoms with Gasteiger partial charge < -0.3 is 5.73 Å². The Morgan fingerprint density at radius 3 is 2.67 bits per heavy atom. The normalized spacial score (nSPS) is 10.3. The average molecular weight is 199 g/mol. The Hall–Kier alpha value is -1.90. The molecule has 0 spiro atoms. The Morgan fingerprint density at radius 2 is 1.93 bits per heavy atom. The van der Waals surface area contributed by atoms with Crippen molar-refractivity contribution in [2.45, 2.75) is 13.8 Å². The van der Waals surface area contributed by atoms with Crippen LogP contribution in [0.5, 0.6) is 0 Å². The molecule has 1 heterocycles. The second-order valence-electron chi connectivity index (χ2n) is 3.64. The molecular formula is C12H13N3. The molecule has 76 valence electrons. The van der Waals surface area contributed by atoms with Crippen LogP contribution in [0, 0.1) is 13.8 Å². The van der Waals surface area contributed by atoms with Crippen LogP contribution in [-0.4, -0.2) is 9.97 Å². The summed E-state index contributed by atoms with van der Waals surface area (Å²) in [7, 11) is 0. The molecule has 1 aromatic heterocycles. The Morgan fingerprint density at radius 1 is 1.13 bits per heavy atom. The van der Waals surface area contributed by atoms with Crippen LogP contribution in [0.15, 0.2) is 30.7 Å². The van der Waals surface area contributed by atoms with Gasteiger partial charge in [0, 0.05) is 11.8 Å². The fraction of sp³-hybridized carbons (Fsp3) is 0.167. The van der Waals surface area contributed by atoms with Gasteiger partial charge in [0.2, 0.25) is 0 Å². The molecule has 0 radical (unpaired) electrons. The van der Waals surface area contributed by atoms with Gasteiger partial charge in [-0.05, 0) is 25.0 Å². The summed E-state index contributed by atoms with van der Waals surface area (Å²) in [4.78, 5) is 7.99. The van der Waals surface area contributed by atoms with Gasteiger partial charge in [-0.15, -0.1) is 0 Å². The number of aryl methyl sites for hydroxylation is 2. The van der Waals surface area contributed by atoms with Gasteiger partial charge in [0.25, 0.3) is 0 Å². The van der Waals surface area contributed by atoms with E-state index in [1.165, 1.54) is 17.5 Å². The molecule has 0 saturated heterocycles. The highest BCUT2D eigenvalue weighted by Gasteiger charge is 2.06. The lowest BCUT2D eigenvalue weighted by molar-refractivity contribution is 1.18. The summed E-state index contributed by atoms with van der Waals surface area (Å²) in [5.74, 6) is 0.527. The van der Waals surface area contributed by atoms with Crippen molar-refractivity contribution in [3.63, 3.8) is 0 Å². The van der Waals surface area contributed by atoms with Crippen molar-refractivity contribution in [2.24, 2.45) is 0 Å². The standard InChI is InChI=1S/C12H13N3/c1-8-3-4-9(2)10(5-8)11-6-14-7-15-12(11)13/h3-7H,1-2H3,(H2,13,14,15). The molecule has 0 fully saturated rings. The van der Waals surface area contributed by atoms with E-state index in [9.17, 15) is 0 Å². The molecule has 0 aliphatic carbocycles. The molecule has 0 bridgehead atoms. The molecule has 0 saturated carbocycles. The summed E-state index contributed by atoms with van der Waals surface area (Å²) in [6.45, 7) is 4.12. The number of nitrogens with two attached hydrogens (primary N) is 1. The van der Waals surface area contributed by atoms with E-state index in [2.05, 4.69) is 42.0 Å². The number of benzene rings is 1. The minimum absolute atomic E-state index is 0.527. The summed E-state index contributed by atoms with van der Waals surface area (Å²) in [5, 5.41) is 0. The largest absolute Gasteiger partial charge is 0.383 e. The Kier molecular flexibility index (Phi) is 2.37. The predicted octanol–water partition coefficient (Wildman–Crippen LogP) is 2.34. The third kappa shape index (κ3) is 1.81. The minimum atomic E-state index is 0.527. The Bertz CT molecular complexity index is 492. The van der Waals surface area contributed by atoms with E-state index in [4.69, 9.17) is 5.73 Å². The van der Waals surface area contributed by atoms with Gasteiger partial charge in [-0.25, -0.2) is 9.97 Å². The van der Waals surface area contributed by atoms with Gasteiger partial charge in [-0.2, -0.15) is 0 Å². The van der Waals surface area contributed by atoms with Gasteiger partial charge in [-0.1, -0.05) is 23.8 Å². The van der Waals surface area contributed by atoms with E-state index in [0.29, 0.717) is 5.82 Å². The van der Waals surface area contributed by atoms with Gasteiger partial charge in [0.15, 0.2) is 0 Å². The summed E-state index contributed by atoms with van der Waals surface area (Å²) >= 11 is 0. The zero-order valence-electron chi connectivity index (χ0n) is 8.86. The molecule has 2 aromatic rings. The van der Waals surface area contributed by atoms with Crippen LogP contribution in [-0.2, 0) is 0 Å². The molecule has 0 amide bonds. The van der Waals surface area contributed by atoms with Crippen molar-refractivity contribution in [3.05, 3.63) is 41.9 Å². The second-order valence-corrected chi connectivity index (χ2v) is 3.64. The highest BCUT2D eigenvalue weighted by Crippen LogP contribution is 2.26. The van der Waals surface area contributed by atoms with Crippen LogP contribution in [0.4, 0.5) is 5.82 Å². The number of nitrogen functional groups attached to an aromatic ring is 1. The minimum Gasteiger partial charge on any atom is -0.383 e. The van der Waals surface area contributed by atoms with Crippen LogP contribution < -0.4 is 5.73 Å². The molecule has 2 rings (SSSR count). The van der Waals surface area contributed by atoms with Crippen molar-refractivity contribution in [2.75, 3.05) is 5.73 Å². The quantitative estimate of drug-likeness (QED) is 0.767. The first-order valence-corrected chi connectivity index (χ1v) is 4.81. The lowest BCUT2D eigenvalue weighted by Gasteiger charge is -2.08. The topological polar surface area (TPSA) is 51.8 Å². The van der Waals surface area contributed by atoms with Crippen LogP contribution in [0.25, 0.3) is 11.1 Å². The molecule has 15 heavy (non-hydrogen) atoms. The molecule has 1 aromatic carbocycles. The molecule has 0 aliphatic heterocycles. The third-order valence-electron chi connectivity index (χ3n) is 2.43. The first kappa shape index (κ1) is 9.65. The van der Waals surface area contributed by atoms with Crippen LogP contribution in [0.3, 0.4) is 0 Å².